The van der Waals surface area contributed by atoms with Crippen LogP contribution >= 0.6 is 0 Å². The van der Waals surface area contributed by atoms with Crippen molar-refractivity contribution >= 4 is 11.9 Å². The van der Waals surface area contributed by atoms with E-state index in [0.29, 0.717) is 6.42 Å². The molecule has 1 atom stereocenters. The number of amides is 1. The van der Waals surface area contributed by atoms with Gasteiger partial charge in [0.1, 0.15) is 0 Å². The summed E-state index contributed by atoms with van der Waals surface area (Å²) >= 11 is 0. The zero-order valence-corrected chi connectivity index (χ0v) is 25.1. The zero-order chi connectivity index (χ0) is 27.4. The predicted octanol–water partition coefficient (Wildman–Crippen LogP) is 10.1. The molecule has 0 radical (unpaired) electrons. The van der Waals surface area contributed by atoms with Gasteiger partial charge in [-0.3, -0.25) is 9.59 Å². The van der Waals surface area contributed by atoms with Crippen molar-refractivity contribution in [1.29, 1.82) is 0 Å². The average Bonchev–Trinajstić information content (AvgIpc) is 2.89. The number of carbonyl (C=O) groups excluding carboxylic acids is 1. The van der Waals surface area contributed by atoms with Gasteiger partial charge in [-0.1, -0.05) is 142 Å². The standard InChI is InChI=1S/C33H63NO3/c1-4-7-10-13-16-17-18-19-20-23-26-31(27-28-32(35)36)33(37)34(29-24-21-14-11-8-5-2)30-25-22-15-12-9-6-3/h23,26,31H,4-22,24-25,27-30H2,1-3H3,(H,35,36)/b26-23-. The lowest BCUT2D eigenvalue weighted by molar-refractivity contribution is -0.138. The summed E-state index contributed by atoms with van der Waals surface area (Å²) in [7, 11) is 0. The molecule has 1 unspecified atom stereocenters. The smallest absolute Gasteiger partial charge is 0.303 e. The molecular weight excluding hydrogens is 458 g/mol. The molecule has 0 bridgehead atoms. The SMILES string of the molecule is CCCCCCCCCC/C=C\C(CCC(=O)O)C(=O)N(CCCCCCCC)CCCCCCCC. The van der Waals surface area contributed by atoms with Crippen LogP contribution in [0.2, 0.25) is 0 Å². The Morgan fingerprint density at radius 2 is 1.03 bits per heavy atom. The maximum Gasteiger partial charge on any atom is 0.303 e. The first-order chi connectivity index (χ1) is 18.1. The summed E-state index contributed by atoms with van der Waals surface area (Å²) < 4.78 is 0. The number of allylic oxidation sites excluding steroid dienone is 1. The molecule has 0 aliphatic rings. The molecule has 1 N–H and O–H groups in total. The fraction of sp³-hybridized carbons (Fsp3) is 0.879. The summed E-state index contributed by atoms with van der Waals surface area (Å²) in [6.45, 7) is 8.36. The molecule has 0 heterocycles. The van der Waals surface area contributed by atoms with Gasteiger partial charge in [-0.25, -0.2) is 0 Å². The fourth-order valence-electron chi connectivity index (χ4n) is 4.97. The van der Waals surface area contributed by atoms with Gasteiger partial charge in [0, 0.05) is 19.5 Å². The molecule has 37 heavy (non-hydrogen) atoms. The van der Waals surface area contributed by atoms with Crippen molar-refractivity contribution in [2.24, 2.45) is 5.92 Å². The first kappa shape index (κ1) is 35.7. The van der Waals surface area contributed by atoms with E-state index in [1.165, 1.54) is 109 Å². The fourth-order valence-corrected chi connectivity index (χ4v) is 4.97. The van der Waals surface area contributed by atoms with Crippen LogP contribution in [0.1, 0.15) is 168 Å². The maximum absolute atomic E-state index is 13.6. The van der Waals surface area contributed by atoms with Gasteiger partial charge in [0.2, 0.25) is 5.91 Å². The van der Waals surface area contributed by atoms with Gasteiger partial charge in [-0.05, 0) is 32.1 Å². The van der Waals surface area contributed by atoms with E-state index in [2.05, 4.69) is 31.7 Å². The van der Waals surface area contributed by atoms with Crippen molar-refractivity contribution in [1.82, 2.24) is 4.90 Å². The molecule has 0 rings (SSSR count). The third-order valence-electron chi connectivity index (χ3n) is 7.45. The van der Waals surface area contributed by atoms with E-state index in [9.17, 15) is 14.7 Å². The lowest BCUT2D eigenvalue weighted by Crippen LogP contribution is -2.37. The molecule has 218 valence electrons. The molecular formula is C33H63NO3. The molecule has 1 amide bonds. The molecule has 0 aliphatic carbocycles. The lowest BCUT2D eigenvalue weighted by Gasteiger charge is -2.26. The van der Waals surface area contributed by atoms with E-state index in [1.807, 2.05) is 6.08 Å². The number of unbranched alkanes of at least 4 members (excludes halogenated alkanes) is 18. The van der Waals surface area contributed by atoms with Crippen LogP contribution in [0.15, 0.2) is 12.2 Å². The van der Waals surface area contributed by atoms with Crippen LogP contribution in [0, 0.1) is 5.92 Å². The van der Waals surface area contributed by atoms with E-state index in [1.54, 1.807) is 0 Å². The van der Waals surface area contributed by atoms with E-state index >= 15 is 0 Å². The Hall–Kier alpha value is -1.32. The minimum Gasteiger partial charge on any atom is -0.481 e. The minimum absolute atomic E-state index is 0.0559. The van der Waals surface area contributed by atoms with Crippen LogP contribution in [0.5, 0.6) is 0 Å². The number of carboxylic acids is 1. The number of hydrogen-bond donors (Lipinski definition) is 1. The van der Waals surface area contributed by atoms with Gasteiger partial charge < -0.3 is 10.0 Å². The molecule has 4 heteroatoms. The van der Waals surface area contributed by atoms with Gasteiger partial charge in [0.05, 0.1) is 5.92 Å². The highest BCUT2D eigenvalue weighted by Crippen LogP contribution is 2.17. The maximum atomic E-state index is 13.6. The van der Waals surface area contributed by atoms with Crippen LogP contribution in [0.25, 0.3) is 0 Å². The highest BCUT2D eigenvalue weighted by atomic mass is 16.4. The van der Waals surface area contributed by atoms with Crippen molar-refractivity contribution in [3.63, 3.8) is 0 Å². The third-order valence-corrected chi connectivity index (χ3v) is 7.45. The molecule has 0 aliphatic heterocycles. The molecule has 4 nitrogen and oxygen atoms in total. The number of hydrogen-bond acceptors (Lipinski definition) is 2. The summed E-state index contributed by atoms with van der Waals surface area (Å²) in [4.78, 5) is 26.9. The Morgan fingerprint density at radius 1 is 0.622 bits per heavy atom. The second-order valence-electron chi connectivity index (χ2n) is 11.1. The van der Waals surface area contributed by atoms with Crippen LogP contribution < -0.4 is 0 Å². The van der Waals surface area contributed by atoms with Gasteiger partial charge in [0.15, 0.2) is 0 Å². The molecule has 0 aromatic heterocycles. The molecule has 0 spiro atoms. The van der Waals surface area contributed by atoms with Crippen molar-refractivity contribution in [3.8, 4) is 0 Å². The molecule has 0 aromatic carbocycles. The Balaban J connectivity index is 4.79. The first-order valence-electron chi connectivity index (χ1n) is 16.2. The third kappa shape index (κ3) is 23.5. The quantitative estimate of drug-likeness (QED) is 0.0823. The number of carboxylic acid groups (broad SMARTS) is 1. The Kier molecular flexibility index (Phi) is 26.7. The first-order valence-corrected chi connectivity index (χ1v) is 16.2. The molecule has 0 saturated heterocycles. The van der Waals surface area contributed by atoms with Crippen molar-refractivity contribution in [3.05, 3.63) is 12.2 Å². The number of carbonyl (C=O) groups is 2. The zero-order valence-electron chi connectivity index (χ0n) is 25.1. The Morgan fingerprint density at radius 3 is 1.46 bits per heavy atom. The summed E-state index contributed by atoms with van der Waals surface area (Å²) in [6.07, 6.45) is 30.6. The highest BCUT2D eigenvalue weighted by molar-refractivity contribution is 5.81. The van der Waals surface area contributed by atoms with E-state index in [-0.39, 0.29) is 18.2 Å². The summed E-state index contributed by atoms with van der Waals surface area (Å²) in [5.41, 5.74) is 0. The summed E-state index contributed by atoms with van der Waals surface area (Å²) in [5, 5.41) is 9.27. The number of rotatable bonds is 28. The Bertz CT molecular complexity index is 530. The predicted molar refractivity (Wildman–Crippen MR) is 160 cm³/mol. The highest BCUT2D eigenvalue weighted by Gasteiger charge is 2.22. The normalized spacial score (nSPS) is 12.3. The van der Waals surface area contributed by atoms with E-state index in [0.717, 1.165) is 38.8 Å². The Labute approximate surface area is 231 Å². The number of nitrogens with zero attached hydrogens (tertiary/aromatic N) is 1. The van der Waals surface area contributed by atoms with E-state index in [4.69, 9.17) is 0 Å². The largest absolute Gasteiger partial charge is 0.481 e. The van der Waals surface area contributed by atoms with Gasteiger partial charge in [-0.15, -0.1) is 0 Å². The van der Waals surface area contributed by atoms with Gasteiger partial charge >= 0.3 is 5.97 Å². The molecule has 0 saturated carbocycles. The van der Waals surface area contributed by atoms with Crippen LogP contribution in [-0.4, -0.2) is 35.0 Å². The van der Waals surface area contributed by atoms with Crippen LogP contribution in [0.3, 0.4) is 0 Å². The molecule has 0 fully saturated rings. The lowest BCUT2D eigenvalue weighted by atomic mass is 9.99. The summed E-state index contributed by atoms with van der Waals surface area (Å²) in [6, 6.07) is 0. The van der Waals surface area contributed by atoms with Crippen LogP contribution in [-0.2, 0) is 9.59 Å². The van der Waals surface area contributed by atoms with Gasteiger partial charge in [0.25, 0.3) is 0 Å². The van der Waals surface area contributed by atoms with Crippen LogP contribution in [0.4, 0.5) is 0 Å². The summed E-state index contributed by atoms with van der Waals surface area (Å²) in [5.74, 6) is -0.964. The average molecular weight is 522 g/mol. The minimum atomic E-state index is -0.812. The topological polar surface area (TPSA) is 57.6 Å². The number of aliphatic carboxylic acids is 1. The monoisotopic (exact) mass is 521 g/mol. The molecule has 0 aromatic rings. The van der Waals surface area contributed by atoms with Gasteiger partial charge in [-0.2, -0.15) is 0 Å². The van der Waals surface area contributed by atoms with Crippen molar-refractivity contribution in [2.45, 2.75) is 168 Å². The second kappa shape index (κ2) is 27.7. The van der Waals surface area contributed by atoms with Crippen molar-refractivity contribution < 1.29 is 14.7 Å². The second-order valence-corrected chi connectivity index (χ2v) is 11.1. The van der Waals surface area contributed by atoms with Crippen molar-refractivity contribution in [2.75, 3.05) is 13.1 Å². The van der Waals surface area contributed by atoms with E-state index < -0.39 is 5.97 Å².